The molecule has 2 rings (SSSR count). The molecule has 0 aromatic heterocycles. The molecule has 0 atom stereocenters. The largest absolute Gasteiger partial charge is 0.489 e. The molecule has 0 fully saturated rings. The van der Waals surface area contributed by atoms with Crippen LogP contribution in [0.25, 0.3) is 0 Å². The van der Waals surface area contributed by atoms with Gasteiger partial charge in [0.05, 0.1) is 0 Å². The van der Waals surface area contributed by atoms with Gasteiger partial charge >= 0.3 is 0 Å². The summed E-state index contributed by atoms with van der Waals surface area (Å²) in [5.41, 5.74) is 1.14. The van der Waals surface area contributed by atoms with Crippen molar-refractivity contribution in [1.29, 1.82) is 0 Å². The van der Waals surface area contributed by atoms with Crippen LogP contribution in [-0.2, 0) is 4.74 Å². The zero-order valence-electron chi connectivity index (χ0n) is 5.43. The molecule has 0 amide bonds. The van der Waals surface area contributed by atoms with E-state index in [2.05, 4.69) is 0 Å². The van der Waals surface area contributed by atoms with Crippen LogP contribution in [0.4, 0.5) is 0 Å². The van der Waals surface area contributed by atoms with Crippen LogP contribution in [0.2, 0.25) is 0 Å². The Labute approximate surface area is 64.6 Å². The summed E-state index contributed by atoms with van der Waals surface area (Å²) < 4.78 is 5.27. The monoisotopic (exact) mass is 154 g/mol. The number of fused-ring (bicyclic) bond motifs is 1. The van der Waals surface area contributed by atoms with E-state index in [1.807, 2.05) is 18.2 Å². The molecule has 0 radical (unpaired) electrons. The Hall–Kier alpha value is -0.690. The van der Waals surface area contributed by atoms with Crippen molar-refractivity contribution in [1.82, 2.24) is 0 Å². The number of allylic oxidation sites excluding steroid dienone is 3. The van der Waals surface area contributed by atoms with E-state index in [1.165, 1.54) is 0 Å². The summed E-state index contributed by atoms with van der Waals surface area (Å²) in [5.74, 6) is 0.990. The molecular weight excluding hydrogens is 148 g/mol. The third kappa shape index (κ3) is 0.868. The van der Waals surface area contributed by atoms with Crippen LogP contribution in [0.5, 0.6) is 0 Å². The van der Waals surface area contributed by atoms with Crippen LogP contribution >= 0.6 is 11.6 Å². The van der Waals surface area contributed by atoms with Gasteiger partial charge in [0.15, 0.2) is 0 Å². The van der Waals surface area contributed by atoms with Gasteiger partial charge in [-0.15, -0.1) is 0 Å². The molecule has 0 spiro atoms. The standard InChI is InChI=1S/C8H7ClO/c9-7-1-2-8-6(5-7)3-4-10-8/h2-3,5H,1,4H2. The van der Waals surface area contributed by atoms with Crippen LogP contribution < -0.4 is 0 Å². The number of hydrogen-bond donors (Lipinski definition) is 0. The molecule has 1 aliphatic heterocycles. The first-order valence-electron chi connectivity index (χ1n) is 3.26. The Morgan fingerprint density at radius 1 is 1.40 bits per heavy atom. The van der Waals surface area contributed by atoms with Crippen molar-refractivity contribution in [3.05, 3.63) is 34.6 Å². The van der Waals surface area contributed by atoms with Crippen molar-refractivity contribution < 1.29 is 4.74 Å². The fourth-order valence-corrected chi connectivity index (χ4v) is 1.32. The van der Waals surface area contributed by atoms with Gasteiger partial charge in [0.1, 0.15) is 12.4 Å². The molecular formula is C8H7ClO. The first-order valence-corrected chi connectivity index (χ1v) is 3.63. The molecule has 2 heteroatoms. The highest BCUT2D eigenvalue weighted by Gasteiger charge is 2.14. The molecule has 2 aliphatic rings. The zero-order chi connectivity index (χ0) is 6.97. The van der Waals surface area contributed by atoms with Gasteiger partial charge < -0.3 is 4.74 Å². The smallest absolute Gasteiger partial charge is 0.123 e. The molecule has 1 heterocycles. The van der Waals surface area contributed by atoms with Gasteiger partial charge in [0, 0.05) is 17.0 Å². The minimum absolute atomic E-state index is 0.696. The minimum Gasteiger partial charge on any atom is -0.489 e. The van der Waals surface area contributed by atoms with E-state index in [1.54, 1.807) is 0 Å². The van der Waals surface area contributed by atoms with Gasteiger partial charge in [-0.05, 0) is 18.2 Å². The molecule has 52 valence electrons. The van der Waals surface area contributed by atoms with Crippen molar-refractivity contribution >= 4 is 11.6 Å². The highest BCUT2D eigenvalue weighted by Crippen LogP contribution is 2.28. The number of rotatable bonds is 0. The third-order valence-electron chi connectivity index (χ3n) is 1.62. The summed E-state index contributed by atoms with van der Waals surface area (Å²) in [4.78, 5) is 0. The van der Waals surface area contributed by atoms with Gasteiger partial charge in [-0.3, -0.25) is 0 Å². The summed E-state index contributed by atoms with van der Waals surface area (Å²) >= 11 is 5.80. The summed E-state index contributed by atoms with van der Waals surface area (Å²) in [5, 5.41) is 0.889. The van der Waals surface area contributed by atoms with E-state index in [-0.39, 0.29) is 0 Å². The second-order valence-electron chi connectivity index (χ2n) is 2.33. The van der Waals surface area contributed by atoms with E-state index in [0.717, 1.165) is 22.8 Å². The fraction of sp³-hybridized carbons (Fsp3) is 0.250. The predicted octanol–water partition coefficient (Wildman–Crippen LogP) is 2.35. The average molecular weight is 155 g/mol. The normalized spacial score (nSPS) is 22.3. The molecule has 1 aliphatic carbocycles. The first kappa shape index (κ1) is 6.05. The Balaban J connectivity index is 2.36. The molecule has 1 nitrogen and oxygen atoms in total. The summed E-state index contributed by atoms with van der Waals surface area (Å²) in [6, 6.07) is 0. The maximum Gasteiger partial charge on any atom is 0.123 e. The quantitative estimate of drug-likeness (QED) is 0.521. The second-order valence-corrected chi connectivity index (χ2v) is 2.82. The average Bonchev–Trinajstić information content (AvgIpc) is 2.33. The summed E-state index contributed by atoms with van der Waals surface area (Å²) in [6.07, 6.45) is 6.83. The van der Waals surface area contributed by atoms with Gasteiger partial charge in [-0.1, -0.05) is 11.6 Å². The van der Waals surface area contributed by atoms with E-state index in [4.69, 9.17) is 16.3 Å². The van der Waals surface area contributed by atoms with Crippen molar-refractivity contribution in [2.45, 2.75) is 6.42 Å². The number of ether oxygens (including phenoxy) is 1. The van der Waals surface area contributed by atoms with Crippen LogP contribution in [-0.4, -0.2) is 6.61 Å². The number of hydrogen-bond acceptors (Lipinski definition) is 1. The summed E-state index contributed by atoms with van der Waals surface area (Å²) in [6.45, 7) is 0.696. The molecule has 0 unspecified atom stereocenters. The molecule has 0 saturated heterocycles. The van der Waals surface area contributed by atoms with Gasteiger partial charge in [-0.25, -0.2) is 0 Å². The Morgan fingerprint density at radius 3 is 3.20 bits per heavy atom. The van der Waals surface area contributed by atoms with Gasteiger partial charge in [0.25, 0.3) is 0 Å². The highest BCUT2D eigenvalue weighted by molar-refractivity contribution is 6.30. The lowest BCUT2D eigenvalue weighted by Crippen LogP contribution is -1.90. The van der Waals surface area contributed by atoms with Crippen molar-refractivity contribution in [3.63, 3.8) is 0 Å². The maximum atomic E-state index is 5.80. The van der Waals surface area contributed by atoms with Crippen LogP contribution in [0.1, 0.15) is 6.42 Å². The van der Waals surface area contributed by atoms with Crippen LogP contribution in [0.3, 0.4) is 0 Å². The molecule has 0 aromatic rings. The SMILES string of the molecule is ClC1=CC2=CCOC2=CC1. The fourth-order valence-electron chi connectivity index (χ4n) is 1.13. The maximum absolute atomic E-state index is 5.80. The van der Waals surface area contributed by atoms with Crippen molar-refractivity contribution in [3.8, 4) is 0 Å². The second kappa shape index (κ2) is 2.17. The van der Waals surface area contributed by atoms with Crippen LogP contribution in [0.15, 0.2) is 34.6 Å². The lowest BCUT2D eigenvalue weighted by molar-refractivity contribution is 0.275. The molecule has 0 N–H and O–H groups in total. The summed E-state index contributed by atoms with van der Waals surface area (Å²) in [7, 11) is 0. The predicted molar refractivity (Wildman–Crippen MR) is 40.7 cm³/mol. The van der Waals surface area contributed by atoms with E-state index >= 15 is 0 Å². The Kier molecular flexibility index (Phi) is 1.31. The minimum atomic E-state index is 0.696. The zero-order valence-corrected chi connectivity index (χ0v) is 6.19. The molecule has 10 heavy (non-hydrogen) atoms. The third-order valence-corrected chi connectivity index (χ3v) is 1.88. The molecule has 0 aromatic carbocycles. The highest BCUT2D eigenvalue weighted by atomic mass is 35.5. The van der Waals surface area contributed by atoms with E-state index in [9.17, 15) is 0 Å². The van der Waals surface area contributed by atoms with E-state index in [0.29, 0.717) is 6.61 Å². The van der Waals surface area contributed by atoms with Gasteiger partial charge in [0.2, 0.25) is 0 Å². The molecule has 0 saturated carbocycles. The number of halogens is 1. The Morgan fingerprint density at radius 2 is 2.30 bits per heavy atom. The van der Waals surface area contributed by atoms with Crippen molar-refractivity contribution in [2.75, 3.05) is 6.61 Å². The first-order chi connectivity index (χ1) is 4.86. The lowest BCUT2D eigenvalue weighted by Gasteiger charge is -2.06. The lowest BCUT2D eigenvalue weighted by atomic mass is 10.1. The van der Waals surface area contributed by atoms with Crippen molar-refractivity contribution in [2.24, 2.45) is 0 Å². The van der Waals surface area contributed by atoms with Crippen LogP contribution in [0, 0.1) is 0 Å². The Bertz CT molecular complexity index is 248. The molecule has 0 bridgehead atoms. The van der Waals surface area contributed by atoms with E-state index < -0.39 is 0 Å². The topological polar surface area (TPSA) is 9.23 Å². The van der Waals surface area contributed by atoms with Gasteiger partial charge in [-0.2, -0.15) is 0 Å².